The quantitative estimate of drug-likeness (QED) is 0.618. The predicted molar refractivity (Wildman–Crippen MR) is 117 cm³/mol. The molecule has 2 fully saturated rings. The molecule has 1 aromatic rings. The lowest BCUT2D eigenvalue weighted by Crippen LogP contribution is -2.53. The van der Waals surface area contributed by atoms with Crippen LogP contribution in [0.15, 0.2) is 24.3 Å². The monoisotopic (exact) mass is 472 g/mol. The molecule has 0 radical (unpaired) electrons. The number of aliphatic hydroxyl groups is 1. The maximum Gasteiger partial charge on any atom is 0.573 e. The second-order valence-electron chi connectivity index (χ2n) is 8.16. The molecular formula is C21H33Cl2F3N2O2. The number of hydrogen-bond acceptors (Lipinski definition) is 4. The van der Waals surface area contributed by atoms with Crippen molar-refractivity contribution in [3.05, 3.63) is 29.8 Å². The van der Waals surface area contributed by atoms with E-state index in [1.165, 1.54) is 12.1 Å². The van der Waals surface area contributed by atoms with Crippen LogP contribution in [0.1, 0.15) is 56.9 Å². The number of ether oxygens (including phenoxy) is 1. The molecule has 2 N–H and O–H groups in total. The molecule has 1 aliphatic heterocycles. The lowest BCUT2D eigenvalue weighted by Gasteiger charge is -2.43. The third-order valence-electron chi connectivity index (χ3n) is 6.14. The first-order valence-corrected chi connectivity index (χ1v) is 10.3. The van der Waals surface area contributed by atoms with E-state index in [-0.39, 0.29) is 36.5 Å². The standard InChI is InChI=1S/C21H31F3N2O2.2ClH/c1-2-17-14-26(12-11-25-17)15-19(20(27)9-4-3-5-10-20)16-7-6-8-18(13-16)28-21(22,23)24;;/h6-8,13,17,19,25,27H,2-5,9-12,14-15H2,1H3;2*1H/t17?,19-;;/m1../s1. The Morgan fingerprint density at radius 2 is 1.93 bits per heavy atom. The molecular weight excluding hydrogens is 440 g/mol. The summed E-state index contributed by atoms with van der Waals surface area (Å²) in [6, 6.07) is 6.58. The molecule has 2 aliphatic rings. The van der Waals surface area contributed by atoms with Gasteiger partial charge in [-0.3, -0.25) is 4.90 Å². The Balaban J connectivity index is 0.00000225. The van der Waals surface area contributed by atoms with Gasteiger partial charge in [0.1, 0.15) is 5.75 Å². The molecule has 2 atom stereocenters. The average Bonchev–Trinajstić information content (AvgIpc) is 2.65. The Morgan fingerprint density at radius 3 is 2.57 bits per heavy atom. The molecule has 3 rings (SSSR count). The number of hydrogen-bond donors (Lipinski definition) is 2. The second kappa shape index (κ2) is 11.8. The van der Waals surface area contributed by atoms with Gasteiger partial charge in [-0.05, 0) is 37.0 Å². The molecule has 0 bridgehead atoms. The van der Waals surface area contributed by atoms with Gasteiger partial charge in [-0.1, -0.05) is 38.3 Å². The fourth-order valence-corrected chi connectivity index (χ4v) is 4.62. The number of nitrogens with one attached hydrogen (secondary N) is 1. The van der Waals surface area contributed by atoms with Gasteiger partial charge in [-0.15, -0.1) is 38.0 Å². The summed E-state index contributed by atoms with van der Waals surface area (Å²) in [7, 11) is 0. The van der Waals surface area contributed by atoms with Crippen LogP contribution >= 0.6 is 24.8 Å². The molecule has 0 spiro atoms. The van der Waals surface area contributed by atoms with Crippen LogP contribution < -0.4 is 10.1 Å². The Morgan fingerprint density at radius 1 is 1.23 bits per heavy atom. The zero-order valence-electron chi connectivity index (χ0n) is 17.3. The molecule has 1 heterocycles. The van der Waals surface area contributed by atoms with Gasteiger partial charge in [0.2, 0.25) is 0 Å². The summed E-state index contributed by atoms with van der Waals surface area (Å²) >= 11 is 0. The highest BCUT2D eigenvalue weighted by Gasteiger charge is 2.40. The van der Waals surface area contributed by atoms with E-state index in [0.29, 0.717) is 25.4 Å². The lowest BCUT2D eigenvalue weighted by atomic mass is 9.72. The molecule has 174 valence electrons. The van der Waals surface area contributed by atoms with Crippen molar-refractivity contribution in [2.24, 2.45) is 0 Å². The number of piperazine rings is 1. The summed E-state index contributed by atoms with van der Waals surface area (Å²) in [4.78, 5) is 2.33. The van der Waals surface area contributed by atoms with Crippen molar-refractivity contribution < 1.29 is 23.0 Å². The minimum Gasteiger partial charge on any atom is -0.406 e. The highest BCUT2D eigenvalue weighted by molar-refractivity contribution is 5.85. The average molecular weight is 473 g/mol. The summed E-state index contributed by atoms with van der Waals surface area (Å²) < 4.78 is 42.1. The first-order valence-electron chi connectivity index (χ1n) is 10.3. The van der Waals surface area contributed by atoms with E-state index in [0.717, 1.165) is 50.9 Å². The minimum absolute atomic E-state index is 0. The number of alkyl halides is 3. The number of benzene rings is 1. The largest absolute Gasteiger partial charge is 0.573 e. The van der Waals surface area contributed by atoms with Crippen molar-refractivity contribution in [3.63, 3.8) is 0 Å². The summed E-state index contributed by atoms with van der Waals surface area (Å²) in [5, 5.41) is 14.9. The number of nitrogens with zero attached hydrogens (tertiary/aromatic N) is 1. The Labute approximate surface area is 189 Å². The van der Waals surface area contributed by atoms with E-state index in [2.05, 4.69) is 21.9 Å². The molecule has 0 aromatic heterocycles. The van der Waals surface area contributed by atoms with E-state index in [1.54, 1.807) is 6.07 Å². The van der Waals surface area contributed by atoms with Crippen molar-refractivity contribution in [1.29, 1.82) is 0 Å². The van der Waals surface area contributed by atoms with Crippen molar-refractivity contribution in [2.45, 2.75) is 69.4 Å². The van der Waals surface area contributed by atoms with E-state index >= 15 is 0 Å². The zero-order valence-corrected chi connectivity index (χ0v) is 18.9. The first kappa shape index (κ1) is 27.3. The smallest absolute Gasteiger partial charge is 0.406 e. The van der Waals surface area contributed by atoms with Gasteiger partial charge in [0.05, 0.1) is 5.60 Å². The van der Waals surface area contributed by atoms with Crippen LogP contribution in [-0.2, 0) is 0 Å². The van der Waals surface area contributed by atoms with Crippen LogP contribution in [0.2, 0.25) is 0 Å². The maximum absolute atomic E-state index is 12.7. The third-order valence-corrected chi connectivity index (χ3v) is 6.14. The summed E-state index contributed by atoms with van der Waals surface area (Å²) in [6.45, 7) is 5.44. The normalized spacial score (nSPS) is 23.0. The molecule has 1 aliphatic carbocycles. The third kappa shape index (κ3) is 7.45. The molecule has 9 heteroatoms. The van der Waals surface area contributed by atoms with E-state index in [9.17, 15) is 18.3 Å². The number of halogens is 5. The zero-order chi connectivity index (χ0) is 20.2. The van der Waals surface area contributed by atoms with Crippen LogP contribution in [0.25, 0.3) is 0 Å². The van der Waals surface area contributed by atoms with Crippen molar-refractivity contribution >= 4 is 24.8 Å². The summed E-state index contributed by atoms with van der Waals surface area (Å²) in [5.74, 6) is -0.457. The Bertz CT molecular complexity index is 643. The van der Waals surface area contributed by atoms with Gasteiger partial charge in [0.25, 0.3) is 0 Å². The summed E-state index contributed by atoms with van der Waals surface area (Å²) in [6.07, 6.45) is 0.674. The molecule has 1 aromatic carbocycles. The topological polar surface area (TPSA) is 44.7 Å². The lowest BCUT2D eigenvalue weighted by molar-refractivity contribution is -0.274. The van der Waals surface area contributed by atoms with Gasteiger partial charge in [-0.25, -0.2) is 0 Å². The van der Waals surface area contributed by atoms with Gasteiger partial charge in [0, 0.05) is 38.1 Å². The van der Waals surface area contributed by atoms with Crippen molar-refractivity contribution in [1.82, 2.24) is 10.2 Å². The second-order valence-corrected chi connectivity index (χ2v) is 8.16. The van der Waals surface area contributed by atoms with Gasteiger partial charge >= 0.3 is 6.36 Å². The van der Waals surface area contributed by atoms with Crippen LogP contribution in [-0.4, -0.2) is 54.2 Å². The maximum atomic E-state index is 12.7. The van der Waals surface area contributed by atoms with Crippen LogP contribution in [0.5, 0.6) is 5.75 Å². The molecule has 0 amide bonds. The van der Waals surface area contributed by atoms with Gasteiger partial charge in [-0.2, -0.15) is 0 Å². The van der Waals surface area contributed by atoms with Crippen LogP contribution in [0.3, 0.4) is 0 Å². The number of rotatable bonds is 6. The SMILES string of the molecule is CCC1CN(C[C@H](c2cccc(OC(F)(F)F)c2)C2(O)CCCCC2)CCN1.Cl.Cl. The summed E-state index contributed by atoms with van der Waals surface area (Å²) in [5.41, 5.74) is -0.167. The van der Waals surface area contributed by atoms with Crippen molar-refractivity contribution in [3.8, 4) is 5.75 Å². The minimum atomic E-state index is -4.72. The van der Waals surface area contributed by atoms with Gasteiger partial charge in [0.15, 0.2) is 0 Å². The van der Waals surface area contributed by atoms with Crippen LogP contribution in [0, 0.1) is 0 Å². The first-order chi connectivity index (χ1) is 13.3. The predicted octanol–water partition coefficient (Wildman–Crippen LogP) is 4.89. The van der Waals surface area contributed by atoms with E-state index in [4.69, 9.17) is 0 Å². The van der Waals surface area contributed by atoms with E-state index in [1.807, 2.05) is 6.07 Å². The molecule has 1 saturated carbocycles. The highest BCUT2D eigenvalue weighted by atomic mass is 35.5. The van der Waals surface area contributed by atoms with Gasteiger partial charge < -0.3 is 15.2 Å². The Hall–Kier alpha value is -0.730. The molecule has 4 nitrogen and oxygen atoms in total. The molecule has 30 heavy (non-hydrogen) atoms. The molecule has 1 unspecified atom stereocenters. The Kier molecular flexibility index (Phi) is 10.7. The fraction of sp³-hybridized carbons (Fsp3) is 0.714. The fourth-order valence-electron chi connectivity index (χ4n) is 4.62. The molecule has 1 saturated heterocycles. The van der Waals surface area contributed by atoms with Crippen molar-refractivity contribution in [2.75, 3.05) is 26.2 Å². The van der Waals surface area contributed by atoms with Crippen LogP contribution in [0.4, 0.5) is 13.2 Å². The van der Waals surface area contributed by atoms with E-state index < -0.39 is 12.0 Å². The highest BCUT2D eigenvalue weighted by Crippen LogP contribution is 2.41.